The van der Waals surface area contributed by atoms with Crippen LogP contribution in [0.15, 0.2) is 68.8 Å². The van der Waals surface area contributed by atoms with Gasteiger partial charge in [-0.05, 0) is 58.7 Å². The number of benzene rings is 2. The number of phenolic OH excluding ortho intramolecular Hbond substituents is 1. The molecule has 2 atom stereocenters. The van der Waals surface area contributed by atoms with Crippen molar-refractivity contribution >= 4 is 64.3 Å². The Bertz CT molecular complexity index is 1600. The van der Waals surface area contributed by atoms with E-state index in [-0.39, 0.29) is 29.3 Å². The summed E-state index contributed by atoms with van der Waals surface area (Å²) in [5.74, 6) is 5.84. The molecule has 2 aliphatic rings. The van der Waals surface area contributed by atoms with Gasteiger partial charge < -0.3 is 29.5 Å². The fraction of sp³-hybridized carbons (Fsp3) is 0.333. The first-order chi connectivity index (χ1) is 21.2. The van der Waals surface area contributed by atoms with Gasteiger partial charge >= 0.3 is 12.1 Å². The van der Waals surface area contributed by atoms with E-state index >= 15 is 0 Å². The first kappa shape index (κ1) is 32.4. The van der Waals surface area contributed by atoms with Gasteiger partial charge in [-0.25, -0.2) is 9.59 Å². The van der Waals surface area contributed by atoms with Crippen molar-refractivity contribution in [2.75, 3.05) is 31.2 Å². The number of nitrogens with zero attached hydrogens (tertiary/aromatic N) is 5. The van der Waals surface area contributed by atoms with Crippen molar-refractivity contribution in [1.29, 1.82) is 0 Å². The highest BCUT2D eigenvalue weighted by Gasteiger charge is 2.33. The van der Waals surface area contributed by atoms with E-state index in [1.54, 1.807) is 6.07 Å². The Hall–Kier alpha value is -4.56. The fourth-order valence-corrected chi connectivity index (χ4v) is 5.11. The SMILES string of the molecule is C[S+]([O-])N=C=C=CN=C=C=NC(=O)[C@@H](Cc1ccc(O)c(Cl)c1)OC(=O)N1CCC(N2CCc3ccccc3NC2=O)CC1. The molecule has 14 heteroatoms. The minimum Gasteiger partial charge on any atom is -0.591 e. The average molecular weight is 637 g/mol. The van der Waals surface area contributed by atoms with Gasteiger partial charge in [0.1, 0.15) is 23.4 Å². The van der Waals surface area contributed by atoms with Crippen LogP contribution in [0.4, 0.5) is 15.3 Å². The number of hydrogen-bond donors (Lipinski definition) is 2. The Balaban J connectivity index is 1.40. The van der Waals surface area contributed by atoms with Crippen LogP contribution >= 0.6 is 11.6 Å². The van der Waals surface area contributed by atoms with Gasteiger partial charge in [0.15, 0.2) is 6.10 Å². The van der Waals surface area contributed by atoms with E-state index in [2.05, 4.69) is 43.0 Å². The van der Waals surface area contributed by atoms with Gasteiger partial charge in [-0.2, -0.15) is 9.98 Å². The first-order valence-electron chi connectivity index (χ1n) is 13.6. The van der Waals surface area contributed by atoms with Crippen molar-refractivity contribution < 1.29 is 28.8 Å². The predicted octanol–water partition coefficient (Wildman–Crippen LogP) is 3.70. The van der Waals surface area contributed by atoms with Crippen molar-refractivity contribution in [3.8, 4) is 5.75 Å². The maximum absolute atomic E-state index is 13.1. The molecule has 1 fully saturated rings. The van der Waals surface area contributed by atoms with Gasteiger partial charge in [0, 0.05) is 37.8 Å². The Labute approximate surface area is 262 Å². The average Bonchev–Trinajstić information content (AvgIpc) is 3.17. The summed E-state index contributed by atoms with van der Waals surface area (Å²) in [6.07, 6.45) is 2.20. The highest BCUT2D eigenvalue weighted by Crippen LogP contribution is 2.26. The molecule has 1 unspecified atom stereocenters. The van der Waals surface area contributed by atoms with Crippen LogP contribution < -0.4 is 5.32 Å². The zero-order valence-corrected chi connectivity index (χ0v) is 25.3. The molecular weight excluding hydrogens is 608 g/mol. The number of fused-ring (bicyclic) bond motifs is 1. The summed E-state index contributed by atoms with van der Waals surface area (Å²) < 4.78 is 19.9. The number of halogens is 1. The zero-order valence-electron chi connectivity index (χ0n) is 23.7. The van der Waals surface area contributed by atoms with Crippen LogP contribution in [-0.4, -0.2) is 93.1 Å². The topological polar surface area (TPSA) is 159 Å². The van der Waals surface area contributed by atoms with Crippen molar-refractivity contribution in [1.82, 2.24) is 9.80 Å². The predicted molar refractivity (Wildman–Crippen MR) is 167 cm³/mol. The minimum atomic E-state index is -1.42. The lowest BCUT2D eigenvalue weighted by molar-refractivity contribution is -0.126. The maximum atomic E-state index is 13.1. The van der Waals surface area contributed by atoms with Gasteiger partial charge in [0.05, 0.1) is 28.8 Å². The molecule has 2 aromatic rings. The van der Waals surface area contributed by atoms with Gasteiger partial charge in [-0.1, -0.05) is 35.9 Å². The number of phenols is 1. The Morgan fingerprint density at radius 3 is 2.73 bits per heavy atom. The molecule has 0 aromatic heterocycles. The molecule has 0 radical (unpaired) electrons. The third-order valence-corrected chi connectivity index (χ3v) is 7.56. The van der Waals surface area contributed by atoms with E-state index < -0.39 is 29.5 Å². The quantitative estimate of drug-likeness (QED) is 0.268. The number of urea groups is 1. The number of rotatable bonds is 7. The number of carbonyl (C=O) groups excluding carboxylic acids is 3. The zero-order chi connectivity index (χ0) is 31.5. The van der Waals surface area contributed by atoms with Crippen LogP contribution in [-0.2, 0) is 33.7 Å². The first-order valence-corrected chi connectivity index (χ1v) is 15.5. The van der Waals surface area contributed by atoms with E-state index in [1.165, 1.54) is 23.3 Å². The standard InChI is InChI=1S/C30H29ClN6O6S/c1-44(42)34-13-4-12-32-14-15-33-28(39)27(20-21-7-8-26(38)24(31)19-21)43-30(41)36-16-10-23(11-17-36)37-18-9-22-5-2-3-6-25(22)35-29(37)40/h2-3,5-8,12,19,23,27,38H,9-11,16-18,20H2,1H3,(H,35,40)/t27-,44?/m1/s1. The van der Waals surface area contributed by atoms with E-state index in [0.717, 1.165) is 23.9 Å². The Morgan fingerprint density at radius 1 is 1.20 bits per heavy atom. The van der Waals surface area contributed by atoms with Gasteiger partial charge in [-0.3, -0.25) is 4.79 Å². The summed E-state index contributed by atoms with van der Waals surface area (Å²) in [6, 6.07) is 11.9. The van der Waals surface area contributed by atoms with Gasteiger partial charge in [0.2, 0.25) is 0 Å². The van der Waals surface area contributed by atoms with E-state index in [4.69, 9.17) is 16.3 Å². The van der Waals surface area contributed by atoms with Crippen molar-refractivity contribution in [3.05, 3.63) is 70.5 Å². The van der Waals surface area contributed by atoms with Crippen LogP contribution in [0.25, 0.3) is 0 Å². The summed E-state index contributed by atoms with van der Waals surface area (Å²) in [4.78, 5) is 49.6. The molecule has 0 saturated carbocycles. The number of anilines is 1. The van der Waals surface area contributed by atoms with Crippen LogP contribution in [0, 0.1) is 0 Å². The molecule has 4 rings (SSSR count). The number of nitrogens with one attached hydrogen (secondary N) is 1. The number of ether oxygens (including phenoxy) is 1. The summed E-state index contributed by atoms with van der Waals surface area (Å²) in [6.45, 7) is 1.23. The molecule has 44 heavy (non-hydrogen) atoms. The van der Waals surface area contributed by atoms with Crippen LogP contribution in [0.2, 0.25) is 5.02 Å². The summed E-state index contributed by atoms with van der Waals surface area (Å²) in [5.41, 5.74) is 4.82. The highest BCUT2D eigenvalue weighted by molar-refractivity contribution is 7.89. The lowest BCUT2D eigenvalue weighted by Gasteiger charge is -2.37. The monoisotopic (exact) mass is 636 g/mol. The maximum Gasteiger partial charge on any atom is 0.410 e. The largest absolute Gasteiger partial charge is 0.591 e. The second-order valence-electron chi connectivity index (χ2n) is 9.81. The lowest BCUT2D eigenvalue weighted by Crippen LogP contribution is -2.50. The molecule has 1 saturated heterocycles. The van der Waals surface area contributed by atoms with Crippen molar-refractivity contribution in [3.63, 3.8) is 0 Å². The molecule has 0 bridgehead atoms. The number of carbonyl (C=O) groups is 3. The number of amides is 4. The minimum absolute atomic E-state index is 0.0572. The van der Waals surface area contributed by atoms with Crippen LogP contribution in [0.1, 0.15) is 24.0 Å². The highest BCUT2D eigenvalue weighted by atomic mass is 35.5. The van der Waals surface area contributed by atoms with Crippen molar-refractivity contribution in [2.24, 2.45) is 14.4 Å². The molecule has 2 aromatic carbocycles. The Kier molecular flexibility index (Phi) is 11.6. The van der Waals surface area contributed by atoms with E-state index in [1.807, 2.05) is 29.2 Å². The number of aromatic hydroxyl groups is 1. The summed E-state index contributed by atoms with van der Waals surface area (Å²) >= 11 is 4.60. The molecule has 2 N–H and O–H groups in total. The van der Waals surface area contributed by atoms with Gasteiger partial charge in [0.25, 0.3) is 5.91 Å². The molecule has 2 heterocycles. The number of likely N-dealkylation sites (tertiary alicyclic amines) is 1. The Morgan fingerprint density at radius 2 is 1.98 bits per heavy atom. The molecular formula is C30H29ClN6O6S. The third kappa shape index (κ3) is 9.22. The van der Waals surface area contributed by atoms with Crippen LogP contribution in [0.3, 0.4) is 0 Å². The number of piperidine rings is 1. The molecule has 0 spiro atoms. The molecule has 228 valence electrons. The van der Waals surface area contributed by atoms with Crippen LogP contribution in [0.5, 0.6) is 5.75 Å². The molecule has 2 aliphatic heterocycles. The molecule has 12 nitrogen and oxygen atoms in total. The van der Waals surface area contributed by atoms with E-state index in [9.17, 15) is 24.0 Å². The second-order valence-corrected chi connectivity index (χ2v) is 11.3. The summed E-state index contributed by atoms with van der Waals surface area (Å²) in [7, 11) is 0. The molecule has 0 aliphatic carbocycles. The second kappa shape index (κ2) is 15.8. The van der Waals surface area contributed by atoms with E-state index in [0.29, 0.717) is 38.0 Å². The normalized spacial score (nSPS) is 15.8. The summed E-state index contributed by atoms with van der Waals surface area (Å²) in [5, 5.41) is 12.8. The number of aliphatic imine (C=N–C) groups is 2. The molecule has 4 amide bonds. The third-order valence-electron chi connectivity index (χ3n) is 6.91. The smallest absolute Gasteiger partial charge is 0.410 e. The van der Waals surface area contributed by atoms with Gasteiger partial charge in [-0.15, -0.1) is 0 Å². The number of hydrogen-bond acceptors (Lipinski definition) is 8. The fourth-order valence-electron chi connectivity index (χ4n) is 4.73. The van der Waals surface area contributed by atoms with Crippen molar-refractivity contribution in [2.45, 2.75) is 37.8 Å². The number of para-hydroxylation sites is 1. The lowest BCUT2D eigenvalue weighted by atomic mass is 10.0.